The summed E-state index contributed by atoms with van der Waals surface area (Å²) in [5, 5.41) is 0. The Kier molecular flexibility index (Phi) is 8.16. The molecule has 0 N–H and O–H groups in total. The zero-order chi connectivity index (χ0) is 34.4. The van der Waals surface area contributed by atoms with Crippen LogP contribution >= 0.6 is 0 Å². The number of fused-ring (bicyclic) bond motifs is 6. The van der Waals surface area contributed by atoms with Crippen LogP contribution in [0.1, 0.15) is 55.5 Å². The molecule has 4 aliphatic rings. The Morgan fingerprint density at radius 1 is 0.673 bits per heavy atom. The Labute approximate surface area is 284 Å². The first kappa shape index (κ1) is 32.0. The number of carbonyl (C=O) groups is 4. The van der Waals surface area contributed by atoms with Crippen LogP contribution in [0.3, 0.4) is 0 Å². The SMILES string of the molecule is CC(=O)Oc1cccc([C@]23C=C4CN(CCc5ccc(c(OC(C)=O)c5)-c5ccc(OC(C)=O)cc54)[C@H]2Cc2cccc(OC(C)=O)c23)c1. The van der Waals surface area contributed by atoms with Crippen molar-refractivity contribution in [2.45, 2.75) is 52.0 Å². The van der Waals surface area contributed by atoms with Crippen LogP contribution in [0.5, 0.6) is 23.0 Å². The van der Waals surface area contributed by atoms with Crippen LogP contribution in [0, 0.1) is 0 Å². The molecule has 9 nitrogen and oxygen atoms in total. The zero-order valence-electron chi connectivity index (χ0n) is 27.7. The fraction of sp³-hybridized carbons (Fsp3) is 0.250. The maximum absolute atomic E-state index is 12.5. The second-order valence-corrected chi connectivity index (χ2v) is 12.7. The van der Waals surface area contributed by atoms with Crippen LogP contribution in [0.15, 0.2) is 84.9 Å². The van der Waals surface area contributed by atoms with Gasteiger partial charge in [0.1, 0.15) is 23.0 Å². The number of esters is 4. The molecule has 0 fully saturated rings. The fourth-order valence-corrected chi connectivity index (χ4v) is 7.74. The highest BCUT2D eigenvalue weighted by atomic mass is 16.5. The van der Waals surface area contributed by atoms with Gasteiger partial charge in [-0.05, 0) is 88.7 Å². The fourth-order valence-electron chi connectivity index (χ4n) is 7.74. The first-order chi connectivity index (χ1) is 23.5. The molecule has 0 amide bonds. The van der Waals surface area contributed by atoms with Gasteiger partial charge in [0, 0.05) is 58.0 Å². The molecule has 1 unspecified atom stereocenters. The third-order valence-electron chi connectivity index (χ3n) is 9.38. The van der Waals surface area contributed by atoms with E-state index >= 15 is 0 Å². The van der Waals surface area contributed by atoms with E-state index in [9.17, 15) is 19.2 Å². The van der Waals surface area contributed by atoms with Crippen LogP contribution in [-0.4, -0.2) is 47.9 Å². The third-order valence-corrected chi connectivity index (χ3v) is 9.38. The summed E-state index contributed by atoms with van der Waals surface area (Å²) in [6.45, 7) is 6.72. The zero-order valence-corrected chi connectivity index (χ0v) is 27.7. The van der Waals surface area contributed by atoms with Gasteiger partial charge in [0.2, 0.25) is 0 Å². The Hall–Kier alpha value is -5.54. The molecule has 4 bridgehead atoms. The monoisotopic (exact) mass is 657 g/mol. The summed E-state index contributed by atoms with van der Waals surface area (Å²) in [6, 6.07) is 24.6. The van der Waals surface area contributed by atoms with Crippen molar-refractivity contribution in [1.82, 2.24) is 4.90 Å². The number of ether oxygens (including phenoxy) is 4. The third kappa shape index (κ3) is 5.91. The van der Waals surface area contributed by atoms with Crippen LogP contribution in [0.25, 0.3) is 16.7 Å². The van der Waals surface area contributed by atoms with E-state index in [4.69, 9.17) is 18.9 Å². The molecule has 49 heavy (non-hydrogen) atoms. The lowest BCUT2D eigenvalue weighted by Gasteiger charge is -2.46. The molecule has 3 atom stereocenters. The maximum Gasteiger partial charge on any atom is 0.308 e. The lowest BCUT2D eigenvalue weighted by molar-refractivity contribution is -0.132. The molecular formula is C40H35NO8. The average molecular weight is 658 g/mol. The summed E-state index contributed by atoms with van der Waals surface area (Å²) in [5.74, 6) is -0.0465. The van der Waals surface area contributed by atoms with Gasteiger partial charge >= 0.3 is 23.9 Å². The second kappa shape index (κ2) is 12.5. The van der Waals surface area contributed by atoms with Crippen LogP contribution in [0.4, 0.5) is 0 Å². The van der Waals surface area contributed by atoms with Gasteiger partial charge < -0.3 is 18.9 Å². The number of carbonyl (C=O) groups excluding carboxylic acids is 4. The number of rotatable bonds is 5. The van der Waals surface area contributed by atoms with Crippen molar-refractivity contribution < 1.29 is 38.1 Å². The Morgan fingerprint density at radius 3 is 2.08 bits per heavy atom. The largest absolute Gasteiger partial charge is 0.427 e. The normalized spacial score (nSPS) is 20.0. The van der Waals surface area contributed by atoms with Crippen molar-refractivity contribution in [2.75, 3.05) is 13.1 Å². The van der Waals surface area contributed by atoms with Crippen molar-refractivity contribution in [2.24, 2.45) is 0 Å². The van der Waals surface area contributed by atoms with Crippen LogP contribution in [-0.2, 0) is 37.4 Å². The van der Waals surface area contributed by atoms with Gasteiger partial charge in [-0.25, -0.2) is 0 Å². The van der Waals surface area contributed by atoms with Crippen molar-refractivity contribution in [3.8, 4) is 34.1 Å². The van der Waals surface area contributed by atoms with Crippen LogP contribution in [0.2, 0.25) is 0 Å². The number of benzene rings is 4. The Morgan fingerprint density at radius 2 is 1.35 bits per heavy atom. The van der Waals surface area contributed by atoms with E-state index < -0.39 is 29.3 Å². The molecule has 4 aromatic carbocycles. The molecular weight excluding hydrogens is 622 g/mol. The molecule has 0 aromatic heterocycles. The summed E-state index contributed by atoms with van der Waals surface area (Å²) in [7, 11) is 0. The van der Waals surface area contributed by atoms with E-state index in [1.54, 1.807) is 12.1 Å². The van der Waals surface area contributed by atoms with Gasteiger partial charge in [-0.3, -0.25) is 24.1 Å². The quantitative estimate of drug-likeness (QED) is 0.183. The van der Waals surface area contributed by atoms with Crippen molar-refractivity contribution in [3.05, 3.63) is 113 Å². The topological polar surface area (TPSA) is 108 Å². The van der Waals surface area contributed by atoms with Crippen molar-refractivity contribution in [1.29, 1.82) is 0 Å². The van der Waals surface area contributed by atoms with Gasteiger partial charge in [0.05, 0.1) is 5.41 Å². The van der Waals surface area contributed by atoms with Gasteiger partial charge in [-0.15, -0.1) is 0 Å². The van der Waals surface area contributed by atoms with E-state index in [-0.39, 0.29) is 6.04 Å². The lowest BCUT2D eigenvalue weighted by Crippen LogP contribution is -2.52. The summed E-state index contributed by atoms with van der Waals surface area (Å²) < 4.78 is 22.9. The van der Waals surface area contributed by atoms with E-state index in [1.165, 1.54) is 27.7 Å². The predicted molar refractivity (Wildman–Crippen MR) is 182 cm³/mol. The van der Waals surface area contributed by atoms with E-state index in [0.717, 1.165) is 44.5 Å². The minimum atomic E-state index is -0.859. The predicted octanol–water partition coefficient (Wildman–Crippen LogP) is 6.22. The van der Waals surface area contributed by atoms with Crippen molar-refractivity contribution in [3.63, 3.8) is 0 Å². The second-order valence-electron chi connectivity index (χ2n) is 12.7. The minimum Gasteiger partial charge on any atom is -0.427 e. The summed E-state index contributed by atoms with van der Waals surface area (Å²) in [5.41, 5.74) is 6.16. The van der Waals surface area contributed by atoms with Crippen LogP contribution < -0.4 is 18.9 Å². The highest BCUT2D eigenvalue weighted by Crippen LogP contribution is 2.56. The first-order valence-corrected chi connectivity index (χ1v) is 16.2. The van der Waals surface area contributed by atoms with Gasteiger partial charge in [0.15, 0.2) is 0 Å². The smallest absolute Gasteiger partial charge is 0.308 e. The molecule has 0 saturated carbocycles. The highest BCUT2D eigenvalue weighted by Gasteiger charge is 2.53. The first-order valence-electron chi connectivity index (χ1n) is 16.2. The molecule has 0 saturated heterocycles. The number of hydrogen-bond donors (Lipinski definition) is 0. The van der Waals surface area contributed by atoms with E-state index in [1.807, 2.05) is 54.6 Å². The molecule has 0 spiro atoms. The van der Waals surface area contributed by atoms with Gasteiger partial charge in [0.25, 0.3) is 0 Å². The van der Waals surface area contributed by atoms with Crippen molar-refractivity contribution >= 4 is 29.5 Å². The average Bonchev–Trinajstić information content (AvgIpc) is 3.38. The van der Waals surface area contributed by atoms with E-state index in [0.29, 0.717) is 48.9 Å². The van der Waals surface area contributed by atoms with E-state index in [2.05, 4.69) is 23.1 Å². The summed E-state index contributed by atoms with van der Waals surface area (Å²) in [6.07, 6.45) is 3.57. The molecule has 8 rings (SSSR count). The number of nitrogens with zero attached hydrogens (tertiary/aromatic N) is 1. The molecule has 0 radical (unpaired) electrons. The Balaban J connectivity index is 1.56. The molecule has 3 aliphatic heterocycles. The molecule has 3 heterocycles. The Bertz CT molecular complexity index is 2080. The lowest BCUT2D eigenvalue weighted by atomic mass is 9.68. The highest BCUT2D eigenvalue weighted by molar-refractivity contribution is 5.89. The van der Waals surface area contributed by atoms with Gasteiger partial charge in [-0.1, -0.05) is 42.5 Å². The molecule has 1 aliphatic carbocycles. The number of hydrogen-bond acceptors (Lipinski definition) is 9. The maximum atomic E-state index is 12.5. The molecule has 248 valence electrons. The molecule has 4 aromatic rings. The van der Waals surface area contributed by atoms with Gasteiger partial charge in [-0.2, -0.15) is 0 Å². The summed E-state index contributed by atoms with van der Waals surface area (Å²) >= 11 is 0. The molecule has 9 heteroatoms. The minimum absolute atomic E-state index is 0.109. The summed E-state index contributed by atoms with van der Waals surface area (Å²) in [4.78, 5) is 51.4. The standard InChI is InChI=1S/C40H35NO8/c1-23(42)46-31-9-6-8-30(19-31)40-21-29-22-41(38(40)18-28-7-5-10-36(39(28)40)48-25(3)44)16-15-27-11-13-34(37(17-27)49-26(4)45)33-14-12-32(20-35(29)33)47-24(2)43/h5-14,17,19-21,38H,15-16,18,22H2,1-4H3/t38-,40+/m0/s1.